The third-order valence-corrected chi connectivity index (χ3v) is 34.6. The maximum atomic E-state index is 2.82. The van der Waals surface area contributed by atoms with Gasteiger partial charge in [-0.25, -0.2) is 0 Å². The third-order valence-electron chi connectivity index (χ3n) is 15.8. The van der Waals surface area contributed by atoms with Crippen molar-refractivity contribution in [3.05, 3.63) is 128 Å². The second-order valence-corrected chi connectivity index (χ2v) is 40.7. The monoisotopic (exact) mass is 1020 g/mol. The molecule has 2 saturated carbocycles. The molecule has 61 heavy (non-hydrogen) atoms. The van der Waals surface area contributed by atoms with E-state index in [0.717, 1.165) is 11.8 Å². The summed E-state index contributed by atoms with van der Waals surface area (Å²) in [5.41, 5.74) is 22.4. The molecule has 326 valence electrons. The number of allylic oxidation sites excluding steroid dienone is 2. The second-order valence-electron chi connectivity index (χ2n) is 24.1. The quantitative estimate of drug-likeness (QED) is 0.169. The SMILES string of the molecule is CC(C)(C)c1cc(-c2cccc3c2C=C(C2CCCC2)[CH]3[Hf]2([CH]3C(C4CCCC4)=Cc4c(-c5cc(C(C)(C)C)cc(C(C)(C)C)c5)cccc43)[CH2][CH2]2)cc(C(C)(C)C)c1.Cl.Cl. The van der Waals surface area contributed by atoms with Gasteiger partial charge in [0.05, 0.1) is 0 Å². The molecule has 0 N–H and O–H groups in total. The molecular weight excluding hydrogens is 946 g/mol. The number of hydrogen-bond donors (Lipinski definition) is 0. The molecule has 0 nitrogen and oxygen atoms in total. The Morgan fingerprint density at radius 1 is 0.426 bits per heavy atom. The standard InChI is InChI=1S/2C28H35.C2H4.2ClH.Hf/c2*1-27(2,3)23-15-22(16-24(18-23)28(4,5)6)25-13-9-12-20-14-21(17-26(20)25)19-10-7-8-11-19;1-2;;;/h2*9,12-19H,7-8,10-11H2,1-6H3;1-2H2;2*1H;. The van der Waals surface area contributed by atoms with Gasteiger partial charge in [0.1, 0.15) is 0 Å². The number of hydrogen-bond acceptors (Lipinski definition) is 0. The van der Waals surface area contributed by atoms with Crippen molar-refractivity contribution in [3.63, 3.8) is 0 Å². The van der Waals surface area contributed by atoms with Crippen molar-refractivity contribution >= 4 is 37.0 Å². The van der Waals surface area contributed by atoms with Crippen LogP contribution >= 0.6 is 24.8 Å². The Morgan fingerprint density at radius 3 is 1.02 bits per heavy atom. The van der Waals surface area contributed by atoms with Crippen LogP contribution in [0.5, 0.6) is 0 Å². The number of rotatable bonds is 6. The molecule has 3 heteroatoms. The second kappa shape index (κ2) is 16.7. The maximum Gasteiger partial charge on any atom is -0.147 e. The molecule has 4 aliphatic carbocycles. The molecule has 1 aliphatic heterocycles. The van der Waals surface area contributed by atoms with Gasteiger partial charge in [-0.15, -0.1) is 24.8 Å². The van der Waals surface area contributed by atoms with E-state index >= 15 is 0 Å². The first-order chi connectivity index (χ1) is 27.7. The molecule has 0 amide bonds. The zero-order valence-corrected chi connectivity index (χ0v) is 45.0. The van der Waals surface area contributed by atoms with Crippen LogP contribution in [0.25, 0.3) is 34.4 Å². The van der Waals surface area contributed by atoms with E-state index in [4.69, 9.17) is 0 Å². The minimum Gasteiger partial charge on any atom is -0.147 e. The van der Waals surface area contributed by atoms with Crippen molar-refractivity contribution in [2.45, 2.75) is 172 Å². The molecule has 4 aromatic carbocycles. The van der Waals surface area contributed by atoms with Crippen molar-refractivity contribution in [2.24, 2.45) is 11.8 Å². The summed E-state index contributed by atoms with van der Waals surface area (Å²) in [4.78, 5) is 0. The molecule has 5 aliphatic rings. The van der Waals surface area contributed by atoms with Crippen LogP contribution in [0.15, 0.2) is 83.9 Å². The summed E-state index contributed by atoms with van der Waals surface area (Å²) < 4.78 is 4.50. The van der Waals surface area contributed by atoms with E-state index in [1.54, 1.807) is 30.6 Å². The van der Waals surface area contributed by atoms with E-state index < -0.39 is 20.0 Å². The normalized spacial score (nSPS) is 21.4. The van der Waals surface area contributed by atoms with Crippen LogP contribution in [-0.2, 0) is 41.6 Å². The van der Waals surface area contributed by atoms with Gasteiger partial charge in [0.15, 0.2) is 0 Å². The van der Waals surface area contributed by atoms with Gasteiger partial charge in [0.2, 0.25) is 0 Å². The number of fused-ring (bicyclic) bond motifs is 2. The first-order valence-corrected chi connectivity index (χ1v) is 33.0. The molecule has 0 radical (unpaired) electrons. The molecule has 0 bridgehead atoms. The van der Waals surface area contributed by atoms with Crippen molar-refractivity contribution in [1.82, 2.24) is 0 Å². The summed E-state index contributed by atoms with van der Waals surface area (Å²) >= 11 is -3.17. The van der Waals surface area contributed by atoms with Crippen LogP contribution in [-0.4, -0.2) is 0 Å². The topological polar surface area (TPSA) is 0 Å². The molecule has 2 unspecified atom stereocenters. The van der Waals surface area contributed by atoms with Crippen molar-refractivity contribution in [1.29, 1.82) is 0 Å². The van der Waals surface area contributed by atoms with Crippen LogP contribution in [0, 0.1) is 11.8 Å². The average Bonchev–Trinajstić information content (AvgIpc) is 3.70. The summed E-state index contributed by atoms with van der Waals surface area (Å²) in [6.45, 7) is 28.7. The fraction of sp³-hybridized carbons (Fsp3) is 0.517. The molecule has 4 aromatic rings. The van der Waals surface area contributed by atoms with Gasteiger partial charge in [-0.1, -0.05) is 0 Å². The number of benzene rings is 4. The van der Waals surface area contributed by atoms with Gasteiger partial charge in [-0.05, 0) is 0 Å². The summed E-state index contributed by atoms with van der Waals surface area (Å²) in [7, 11) is 0. The van der Waals surface area contributed by atoms with Gasteiger partial charge >= 0.3 is 366 Å². The predicted octanol–water partition coefficient (Wildman–Crippen LogP) is 18.0. The largest absolute Gasteiger partial charge is 0.147 e. The Hall–Kier alpha value is -2.19. The van der Waals surface area contributed by atoms with E-state index in [1.807, 2.05) is 11.1 Å². The summed E-state index contributed by atoms with van der Waals surface area (Å²) in [5.74, 6) is 1.51. The molecular formula is C58H76Cl2Hf. The predicted molar refractivity (Wildman–Crippen MR) is 268 cm³/mol. The smallest absolute Gasteiger partial charge is 0.147 e. The fourth-order valence-electron chi connectivity index (χ4n) is 12.0. The minimum atomic E-state index is -3.17. The van der Waals surface area contributed by atoms with Crippen LogP contribution in [0.1, 0.15) is 186 Å². The van der Waals surface area contributed by atoms with Crippen LogP contribution in [0.2, 0.25) is 8.35 Å². The molecule has 1 saturated heterocycles. The number of halogens is 2. The first-order valence-electron chi connectivity index (χ1n) is 23.8. The van der Waals surface area contributed by atoms with E-state index in [-0.39, 0.29) is 46.5 Å². The molecule has 0 spiro atoms. The summed E-state index contributed by atoms with van der Waals surface area (Å²) in [6.07, 6.45) is 16.8. The maximum absolute atomic E-state index is 3.17. The van der Waals surface area contributed by atoms with Crippen LogP contribution in [0.3, 0.4) is 0 Å². The van der Waals surface area contributed by atoms with Gasteiger partial charge in [-0.3, -0.25) is 0 Å². The fourth-order valence-corrected chi connectivity index (χ4v) is 40.2. The molecule has 2 atom stereocenters. The summed E-state index contributed by atoms with van der Waals surface area (Å²) in [6, 6.07) is 30.3. The van der Waals surface area contributed by atoms with Crippen LogP contribution < -0.4 is 0 Å². The van der Waals surface area contributed by atoms with Crippen molar-refractivity contribution < 1.29 is 20.0 Å². The van der Waals surface area contributed by atoms with Gasteiger partial charge in [0, 0.05) is 0 Å². The zero-order valence-electron chi connectivity index (χ0n) is 39.8. The molecule has 3 fully saturated rings. The van der Waals surface area contributed by atoms with E-state index in [0.29, 0.717) is 7.35 Å². The Labute approximate surface area is 388 Å². The molecule has 9 rings (SSSR count). The Balaban J connectivity index is 0.00000281. The van der Waals surface area contributed by atoms with E-state index in [9.17, 15) is 0 Å². The van der Waals surface area contributed by atoms with E-state index in [2.05, 4.69) is 168 Å². The molecule has 1 heterocycles. The first kappa shape index (κ1) is 46.8. The van der Waals surface area contributed by atoms with Crippen LogP contribution in [0.4, 0.5) is 0 Å². The minimum absolute atomic E-state index is 0. The summed E-state index contributed by atoms with van der Waals surface area (Å²) in [5, 5.41) is 0. The Morgan fingerprint density at radius 2 is 0.738 bits per heavy atom. The Bertz CT molecular complexity index is 2120. The van der Waals surface area contributed by atoms with Gasteiger partial charge in [0.25, 0.3) is 0 Å². The van der Waals surface area contributed by atoms with Gasteiger partial charge < -0.3 is 0 Å². The van der Waals surface area contributed by atoms with E-state index in [1.165, 1.54) is 95.9 Å². The average molecular weight is 1020 g/mol. The van der Waals surface area contributed by atoms with Crippen molar-refractivity contribution in [3.8, 4) is 22.3 Å². The molecule has 0 aromatic heterocycles. The Kier molecular flexibility index (Phi) is 12.8. The van der Waals surface area contributed by atoms with Crippen molar-refractivity contribution in [2.75, 3.05) is 0 Å². The third kappa shape index (κ3) is 8.59. The van der Waals surface area contributed by atoms with Gasteiger partial charge in [-0.2, -0.15) is 0 Å². The zero-order chi connectivity index (χ0) is 41.9.